The topological polar surface area (TPSA) is 88.3 Å². The molecule has 1 atom stereocenters. The van der Waals surface area contributed by atoms with E-state index in [1.54, 1.807) is 18.3 Å². The molecule has 160 valence electrons. The smallest absolute Gasteiger partial charge is 0.340 e. The second kappa shape index (κ2) is 6.74. The molecule has 1 spiro atoms. The van der Waals surface area contributed by atoms with Crippen molar-refractivity contribution in [2.24, 2.45) is 0 Å². The first-order valence-electron chi connectivity index (χ1n) is 10.9. The Bertz CT molecular complexity index is 1290. The number of aromatic amines is 1. The van der Waals surface area contributed by atoms with Crippen LogP contribution in [0.15, 0.2) is 65.6 Å². The molecule has 2 N–H and O–H groups in total. The minimum atomic E-state index is -0.641. The highest BCUT2D eigenvalue weighted by molar-refractivity contribution is 6.14. The fourth-order valence-electron chi connectivity index (χ4n) is 5.21. The van der Waals surface area contributed by atoms with Crippen LogP contribution in [0.25, 0.3) is 11.1 Å². The monoisotopic (exact) mass is 426 g/mol. The second-order valence-corrected chi connectivity index (χ2v) is 8.97. The summed E-state index contributed by atoms with van der Waals surface area (Å²) >= 11 is 0. The molecule has 1 saturated heterocycles. The lowest BCUT2D eigenvalue weighted by atomic mass is 9.82. The lowest BCUT2D eigenvalue weighted by molar-refractivity contribution is 0.00158. The van der Waals surface area contributed by atoms with E-state index < -0.39 is 17.0 Å². The molecule has 1 aromatic heterocycles. The number of aromatic nitrogens is 1. The molecule has 3 aromatic rings. The number of ketones is 1. The third-order valence-corrected chi connectivity index (χ3v) is 7.15. The van der Waals surface area contributed by atoms with Gasteiger partial charge >= 0.3 is 5.97 Å². The molecular weight excluding hydrogens is 404 g/mol. The van der Waals surface area contributed by atoms with Crippen LogP contribution in [-0.4, -0.2) is 29.8 Å². The molecule has 1 unspecified atom stereocenters. The fourth-order valence-corrected chi connectivity index (χ4v) is 5.21. The highest BCUT2D eigenvalue weighted by atomic mass is 16.6. The lowest BCUT2D eigenvalue weighted by Crippen LogP contribution is -2.28. The van der Waals surface area contributed by atoms with E-state index in [0.717, 1.165) is 48.1 Å². The average molecular weight is 426 g/mol. The van der Waals surface area contributed by atoms with Gasteiger partial charge in [0.15, 0.2) is 11.4 Å². The van der Waals surface area contributed by atoms with Gasteiger partial charge in [0.1, 0.15) is 0 Å². The molecule has 1 saturated carbocycles. The second-order valence-electron chi connectivity index (χ2n) is 8.97. The molecule has 2 fully saturated rings. The summed E-state index contributed by atoms with van der Waals surface area (Å²) in [6.07, 6.45) is 3.92. The van der Waals surface area contributed by atoms with Crippen molar-refractivity contribution >= 4 is 11.8 Å². The van der Waals surface area contributed by atoms with Crippen molar-refractivity contribution in [3.8, 4) is 11.1 Å². The first kappa shape index (κ1) is 19.2. The molecule has 6 nitrogen and oxygen atoms in total. The number of carbonyl (C=O) groups excluding carboxylic acids is 2. The minimum Gasteiger partial charge on any atom is -0.449 e. The summed E-state index contributed by atoms with van der Waals surface area (Å²) in [5.74, 6) is -0.400. The van der Waals surface area contributed by atoms with Crippen LogP contribution in [0.3, 0.4) is 0 Å². The van der Waals surface area contributed by atoms with Gasteiger partial charge in [0.25, 0.3) is 0 Å². The molecule has 6 rings (SSSR count). The van der Waals surface area contributed by atoms with Gasteiger partial charge in [-0.25, -0.2) is 4.79 Å². The van der Waals surface area contributed by atoms with Crippen molar-refractivity contribution in [2.45, 2.75) is 30.3 Å². The van der Waals surface area contributed by atoms with Gasteiger partial charge in [-0.15, -0.1) is 0 Å². The Kier molecular flexibility index (Phi) is 4.04. The van der Waals surface area contributed by atoms with Crippen molar-refractivity contribution in [3.05, 3.63) is 93.4 Å². The van der Waals surface area contributed by atoms with E-state index in [4.69, 9.17) is 4.74 Å². The van der Waals surface area contributed by atoms with Gasteiger partial charge in [-0.1, -0.05) is 42.5 Å². The molecule has 2 aliphatic heterocycles. The highest BCUT2D eigenvalue weighted by Crippen LogP contribution is 2.52. The van der Waals surface area contributed by atoms with Crippen LogP contribution >= 0.6 is 0 Å². The number of esters is 1. The maximum atomic E-state index is 13.8. The Hall–Kier alpha value is -3.51. The van der Waals surface area contributed by atoms with E-state index >= 15 is 0 Å². The SMILES string of the molecule is O=C1OC2(CCNC2)c2cccc(C(=O)C3(c4ccc(-c5ccc(=O)[nH]c5)cc4)CC3)c21. The number of pyridine rings is 1. The zero-order valence-corrected chi connectivity index (χ0v) is 17.4. The van der Waals surface area contributed by atoms with E-state index in [9.17, 15) is 14.4 Å². The quantitative estimate of drug-likeness (QED) is 0.494. The molecular formula is C26H22N2O4. The van der Waals surface area contributed by atoms with Gasteiger partial charge in [-0.3, -0.25) is 9.59 Å². The maximum Gasteiger partial charge on any atom is 0.340 e. The summed E-state index contributed by atoms with van der Waals surface area (Å²) in [5, 5.41) is 3.27. The highest BCUT2D eigenvalue weighted by Gasteiger charge is 2.54. The molecule has 32 heavy (non-hydrogen) atoms. The van der Waals surface area contributed by atoms with Gasteiger partial charge in [0.05, 0.1) is 11.0 Å². The van der Waals surface area contributed by atoms with Gasteiger partial charge in [-0.05, 0) is 42.1 Å². The van der Waals surface area contributed by atoms with Crippen LogP contribution in [0.1, 0.15) is 51.1 Å². The van der Waals surface area contributed by atoms with Crippen LogP contribution in [0.5, 0.6) is 0 Å². The van der Waals surface area contributed by atoms with E-state index in [0.29, 0.717) is 17.7 Å². The van der Waals surface area contributed by atoms with Crippen LogP contribution in [0, 0.1) is 0 Å². The Balaban J connectivity index is 1.36. The molecule has 0 amide bonds. The summed E-state index contributed by atoms with van der Waals surface area (Å²) < 4.78 is 5.80. The van der Waals surface area contributed by atoms with Crippen LogP contribution in [0.2, 0.25) is 0 Å². The van der Waals surface area contributed by atoms with E-state index in [1.807, 2.05) is 36.4 Å². The normalized spacial score (nSPS) is 22.6. The molecule has 6 heteroatoms. The average Bonchev–Trinajstić information content (AvgIpc) is 3.42. The Labute approximate surface area is 184 Å². The molecule has 3 heterocycles. The predicted molar refractivity (Wildman–Crippen MR) is 119 cm³/mol. The third kappa shape index (κ3) is 2.72. The van der Waals surface area contributed by atoms with Crippen molar-refractivity contribution in [1.29, 1.82) is 0 Å². The first-order chi connectivity index (χ1) is 15.5. The summed E-state index contributed by atoms with van der Waals surface area (Å²) in [6.45, 7) is 1.37. The number of benzene rings is 2. The molecule has 3 aliphatic rings. The van der Waals surface area contributed by atoms with Gasteiger partial charge < -0.3 is 15.0 Å². The Morgan fingerprint density at radius 2 is 1.69 bits per heavy atom. The summed E-state index contributed by atoms with van der Waals surface area (Å²) in [4.78, 5) is 40.6. The number of fused-ring (bicyclic) bond motifs is 2. The summed E-state index contributed by atoms with van der Waals surface area (Å²) in [6, 6.07) is 16.7. The van der Waals surface area contributed by atoms with Crippen molar-refractivity contribution in [1.82, 2.24) is 10.3 Å². The molecule has 1 aliphatic carbocycles. The van der Waals surface area contributed by atoms with Crippen molar-refractivity contribution in [2.75, 3.05) is 13.1 Å². The fraction of sp³-hybridized carbons (Fsp3) is 0.269. The minimum absolute atomic E-state index is 0.00824. The molecule has 0 radical (unpaired) electrons. The Morgan fingerprint density at radius 1 is 0.906 bits per heavy atom. The standard InChI is InChI=1S/C26H22N2O4/c29-21-9-6-17(14-28-21)16-4-7-18(8-5-16)25(10-11-25)23(30)19-2-1-3-20-22(19)24(31)32-26(20)12-13-27-15-26/h1-9,14,27H,10-13,15H2,(H,28,29). The molecule has 2 aromatic carbocycles. The van der Waals surface area contributed by atoms with Gasteiger partial charge in [0, 0.05) is 36.4 Å². The van der Waals surface area contributed by atoms with Crippen LogP contribution < -0.4 is 10.9 Å². The summed E-state index contributed by atoms with van der Waals surface area (Å²) in [5.41, 5.74) is 3.20. The van der Waals surface area contributed by atoms with Crippen LogP contribution in [-0.2, 0) is 15.8 Å². The zero-order chi connectivity index (χ0) is 21.9. The number of carbonyl (C=O) groups is 2. The van der Waals surface area contributed by atoms with E-state index in [-0.39, 0.29) is 11.3 Å². The van der Waals surface area contributed by atoms with Gasteiger partial charge in [0.2, 0.25) is 5.56 Å². The number of nitrogens with one attached hydrogen (secondary N) is 2. The van der Waals surface area contributed by atoms with E-state index in [2.05, 4.69) is 10.3 Å². The largest absolute Gasteiger partial charge is 0.449 e. The Morgan fingerprint density at radius 3 is 2.34 bits per heavy atom. The van der Waals surface area contributed by atoms with Crippen molar-refractivity contribution in [3.63, 3.8) is 0 Å². The van der Waals surface area contributed by atoms with E-state index in [1.165, 1.54) is 6.07 Å². The lowest BCUT2D eigenvalue weighted by Gasteiger charge is -2.22. The molecule has 0 bridgehead atoms. The first-order valence-corrected chi connectivity index (χ1v) is 10.9. The predicted octanol–water partition coefficient (Wildman–Crippen LogP) is 3.32. The zero-order valence-electron chi connectivity index (χ0n) is 17.4. The van der Waals surface area contributed by atoms with Crippen LogP contribution in [0.4, 0.5) is 0 Å². The number of hydrogen-bond donors (Lipinski definition) is 2. The van der Waals surface area contributed by atoms with Crippen molar-refractivity contribution < 1.29 is 14.3 Å². The third-order valence-electron chi connectivity index (χ3n) is 7.15. The maximum absolute atomic E-state index is 13.8. The number of rotatable bonds is 4. The summed E-state index contributed by atoms with van der Waals surface area (Å²) in [7, 11) is 0. The number of Topliss-reactive ketones (excluding diaryl/α,β-unsaturated/α-hetero) is 1. The number of ether oxygens (including phenoxy) is 1. The number of H-pyrrole nitrogens is 1. The number of hydrogen-bond acceptors (Lipinski definition) is 5. The van der Waals surface area contributed by atoms with Gasteiger partial charge in [-0.2, -0.15) is 0 Å².